The van der Waals surface area contributed by atoms with E-state index in [0.29, 0.717) is 18.9 Å². The van der Waals surface area contributed by atoms with Gasteiger partial charge in [-0.3, -0.25) is 4.55 Å². The Morgan fingerprint density at radius 1 is 1.33 bits per heavy atom. The van der Waals surface area contributed by atoms with Crippen molar-refractivity contribution >= 4 is 10.1 Å². The first-order valence-corrected chi connectivity index (χ1v) is 6.79. The molecule has 0 saturated heterocycles. The monoisotopic (exact) mass is 238 g/mol. The molecule has 0 aromatic rings. The molecule has 0 aliphatic heterocycles. The standard InChI is InChI=1S/C9H22N2O3S/c1-7(2)9(8(3)10)11-5-4-6-15(12,13)14/h7-9,11H,4-6,10H2,1-3H3,(H,12,13,14). The molecular formula is C9H22N2O3S. The van der Waals surface area contributed by atoms with Gasteiger partial charge in [-0.15, -0.1) is 0 Å². The van der Waals surface area contributed by atoms with Gasteiger partial charge in [0.05, 0.1) is 5.75 Å². The second kappa shape index (κ2) is 6.42. The lowest BCUT2D eigenvalue weighted by atomic mass is 9.98. The highest BCUT2D eigenvalue weighted by Gasteiger charge is 2.16. The second-order valence-electron chi connectivity index (χ2n) is 4.22. The molecule has 0 aromatic heterocycles. The first kappa shape index (κ1) is 14.8. The van der Waals surface area contributed by atoms with E-state index in [1.54, 1.807) is 0 Å². The number of hydrogen-bond acceptors (Lipinski definition) is 4. The quantitative estimate of drug-likeness (QED) is 0.436. The average Bonchev–Trinajstić information content (AvgIpc) is 2.00. The van der Waals surface area contributed by atoms with Crippen LogP contribution in [0.5, 0.6) is 0 Å². The summed E-state index contributed by atoms with van der Waals surface area (Å²) in [6.45, 7) is 6.58. The van der Waals surface area contributed by atoms with Crippen LogP contribution in [0.3, 0.4) is 0 Å². The molecule has 2 unspecified atom stereocenters. The first-order chi connectivity index (χ1) is 6.74. The maximum atomic E-state index is 10.4. The van der Waals surface area contributed by atoms with Crippen molar-refractivity contribution in [1.29, 1.82) is 0 Å². The molecule has 6 heteroatoms. The highest BCUT2D eigenvalue weighted by molar-refractivity contribution is 7.85. The van der Waals surface area contributed by atoms with E-state index in [4.69, 9.17) is 10.3 Å². The van der Waals surface area contributed by atoms with E-state index in [0.717, 1.165) is 0 Å². The van der Waals surface area contributed by atoms with Crippen molar-refractivity contribution in [1.82, 2.24) is 5.32 Å². The summed E-state index contributed by atoms with van der Waals surface area (Å²) < 4.78 is 29.4. The molecule has 15 heavy (non-hydrogen) atoms. The van der Waals surface area contributed by atoms with E-state index in [9.17, 15) is 8.42 Å². The predicted octanol–water partition coefficient (Wildman–Crippen LogP) is 0.226. The van der Waals surface area contributed by atoms with E-state index in [2.05, 4.69) is 19.2 Å². The van der Waals surface area contributed by atoms with Crippen molar-refractivity contribution in [2.24, 2.45) is 11.7 Å². The molecule has 4 N–H and O–H groups in total. The molecule has 0 amide bonds. The summed E-state index contributed by atoms with van der Waals surface area (Å²) in [7, 11) is -3.83. The average molecular weight is 238 g/mol. The Bertz CT molecular complexity index is 255. The minimum absolute atomic E-state index is 0.0238. The third kappa shape index (κ3) is 7.72. The Kier molecular flexibility index (Phi) is 6.35. The van der Waals surface area contributed by atoms with Crippen LogP contribution in [0.25, 0.3) is 0 Å². The molecule has 0 radical (unpaired) electrons. The maximum absolute atomic E-state index is 10.4. The van der Waals surface area contributed by atoms with Crippen LogP contribution < -0.4 is 11.1 Å². The third-order valence-corrected chi connectivity index (χ3v) is 3.05. The van der Waals surface area contributed by atoms with Gasteiger partial charge < -0.3 is 11.1 Å². The summed E-state index contributed by atoms with van der Waals surface area (Å²) in [5, 5.41) is 3.19. The minimum Gasteiger partial charge on any atom is -0.327 e. The molecule has 0 spiro atoms. The fourth-order valence-electron chi connectivity index (χ4n) is 1.55. The zero-order chi connectivity index (χ0) is 12.1. The van der Waals surface area contributed by atoms with Crippen LogP contribution in [0.2, 0.25) is 0 Å². The number of hydrogen-bond donors (Lipinski definition) is 3. The van der Waals surface area contributed by atoms with Crippen molar-refractivity contribution < 1.29 is 13.0 Å². The Balaban J connectivity index is 3.83. The van der Waals surface area contributed by atoms with E-state index < -0.39 is 10.1 Å². The van der Waals surface area contributed by atoms with E-state index in [1.165, 1.54) is 0 Å². The lowest BCUT2D eigenvalue weighted by molar-refractivity contribution is 0.353. The highest BCUT2D eigenvalue weighted by Crippen LogP contribution is 2.04. The molecule has 0 aromatic carbocycles. The molecular weight excluding hydrogens is 216 g/mol. The summed E-state index contributed by atoms with van der Waals surface area (Å²) >= 11 is 0. The summed E-state index contributed by atoms with van der Waals surface area (Å²) in [5.74, 6) is 0.194. The van der Waals surface area contributed by atoms with Gasteiger partial charge in [0.15, 0.2) is 0 Å². The van der Waals surface area contributed by atoms with Gasteiger partial charge >= 0.3 is 0 Å². The molecule has 0 heterocycles. The number of rotatable bonds is 7. The van der Waals surface area contributed by atoms with Gasteiger partial charge in [0.2, 0.25) is 0 Å². The Hall–Kier alpha value is -0.170. The van der Waals surface area contributed by atoms with Crippen LogP contribution in [0, 0.1) is 5.92 Å². The zero-order valence-corrected chi connectivity index (χ0v) is 10.4. The summed E-state index contributed by atoms with van der Waals surface area (Å²) in [6.07, 6.45) is 0.398. The summed E-state index contributed by atoms with van der Waals surface area (Å²) in [4.78, 5) is 0. The Labute approximate surface area is 92.2 Å². The fraction of sp³-hybridized carbons (Fsp3) is 1.00. The molecule has 0 bridgehead atoms. The zero-order valence-electron chi connectivity index (χ0n) is 9.60. The van der Waals surface area contributed by atoms with Crippen molar-refractivity contribution in [3.05, 3.63) is 0 Å². The number of nitrogens with one attached hydrogen (secondary N) is 1. The van der Waals surface area contributed by atoms with Gasteiger partial charge in [-0.25, -0.2) is 0 Å². The predicted molar refractivity (Wildman–Crippen MR) is 61.3 cm³/mol. The first-order valence-electron chi connectivity index (χ1n) is 5.18. The Morgan fingerprint density at radius 2 is 1.87 bits per heavy atom. The normalized spacial score (nSPS) is 16.7. The lowest BCUT2D eigenvalue weighted by Crippen LogP contribution is -2.47. The largest absolute Gasteiger partial charge is 0.327 e. The fourth-order valence-corrected chi connectivity index (χ4v) is 2.06. The van der Waals surface area contributed by atoms with Gasteiger partial charge in [0.1, 0.15) is 0 Å². The van der Waals surface area contributed by atoms with Crippen molar-refractivity contribution in [3.8, 4) is 0 Å². The maximum Gasteiger partial charge on any atom is 0.264 e. The van der Waals surface area contributed by atoms with Crippen molar-refractivity contribution in [2.75, 3.05) is 12.3 Å². The molecule has 0 fully saturated rings. The van der Waals surface area contributed by atoms with Gasteiger partial charge in [0, 0.05) is 12.1 Å². The van der Waals surface area contributed by atoms with Crippen LogP contribution >= 0.6 is 0 Å². The molecule has 0 rings (SSSR count). The molecule has 0 saturated carbocycles. The van der Waals surface area contributed by atoms with Crippen LogP contribution in [0.15, 0.2) is 0 Å². The molecule has 0 aliphatic carbocycles. The molecule has 92 valence electrons. The molecule has 2 atom stereocenters. The SMILES string of the molecule is CC(C)C(NCCCS(=O)(=O)O)C(C)N. The second-order valence-corrected chi connectivity index (χ2v) is 5.79. The lowest BCUT2D eigenvalue weighted by Gasteiger charge is -2.25. The summed E-state index contributed by atoms with van der Waals surface area (Å²) in [5.41, 5.74) is 5.78. The summed E-state index contributed by atoms with van der Waals surface area (Å²) in [6, 6.07) is 0.196. The van der Waals surface area contributed by atoms with Crippen molar-refractivity contribution in [3.63, 3.8) is 0 Å². The van der Waals surface area contributed by atoms with Gasteiger partial charge in [-0.2, -0.15) is 8.42 Å². The van der Waals surface area contributed by atoms with Crippen LogP contribution in [0.4, 0.5) is 0 Å². The highest BCUT2D eigenvalue weighted by atomic mass is 32.2. The van der Waals surface area contributed by atoms with Gasteiger partial charge in [-0.1, -0.05) is 13.8 Å². The minimum atomic E-state index is -3.83. The van der Waals surface area contributed by atoms with Crippen LogP contribution in [-0.4, -0.2) is 37.4 Å². The van der Waals surface area contributed by atoms with Gasteiger partial charge in [-0.05, 0) is 25.8 Å². The van der Waals surface area contributed by atoms with E-state index in [-0.39, 0.29) is 17.8 Å². The smallest absolute Gasteiger partial charge is 0.264 e. The molecule has 0 aliphatic rings. The third-order valence-electron chi connectivity index (χ3n) is 2.24. The topological polar surface area (TPSA) is 92.4 Å². The molecule has 5 nitrogen and oxygen atoms in total. The van der Waals surface area contributed by atoms with E-state index in [1.807, 2.05) is 6.92 Å². The van der Waals surface area contributed by atoms with E-state index >= 15 is 0 Å². The Morgan fingerprint density at radius 3 is 2.20 bits per heavy atom. The van der Waals surface area contributed by atoms with Crippen molar-refractivity contribution in [2.45, 2.75) is 39.3 Å². The van der Waals surface area contributed by atoms with Gasteiger partial charge in [0.25, 0.3) is 10.1 Å². The van der Waals surface area contributed by atoms with Crippen LogP contribution in [-0.2, 0) is 10.1 Å². The van der Waals surface area contributed by atoms with Crippen LogP contribution in [0.1, 0.15) is 27.2 Å². The number of nitrogens with two attached hydrogens (primary N) is 1.